The Hall–Kier alpha value is -1.21. The van der Waals surface area contributed by atoms with Crippen molar-refractivity contribution in [1.29, 1.82) is 0 Å². The first kappa shape index (κ1) is 15.2. The zero-order valence-corrected chi connectivity index (χ0v) is 12.8. The number of hydrogen-bond acceptors (Lipinski definition) is 4. The number of nitrogens with two attached hydrogens (primary N) is 1. The summed E-state index contributed by atoms with van der Waals surface area (Å²) in [6, 6.07) is 5.86. The molecule has 0 saturated heterocycles. The first-order valence-corrected chi connectivity index (χ1v) is 7.84. The van der Waals surface area contributed by atoms with E-state index in [1.54, 1.807) is 6.92 Å². The Kier molecular flexibility index (Phi) is 4.29. The Morgan fingerprint density at radius 1 is 1.25 bits per heavy atom. The lowest BCUT2D eigenvalue weighted by molar-refractivity contribution is 0.479. The zero-order valence-electron chi connectivity index (χ0n) is 10.5. The standard InChI is InChI=1S/C12H12Cl2N2O3S/c1-7-12(5-9(6-15)19-7)20(17,18)16-8-2-3-10(13)11(14)4-8/h2-5,16H,6,15H2,1H3. The largest absolute Gasteiger partial charge is 0.464 e. The first-order valence-electron chi connectivity index (χ1n) is 5.60. The van der Waals surface area contributed by atoms with E-state index in [9.17, 15) is 8.42 Å². The average Bonchev–Trinajstić information content (AvgIpc) is 2.76. The van der Waals surface area contributed by atoms with Crippen molar-refractivity contribution in [2.45, 2.75) is 18.4 Å². The van der Waals surface area contributed by atoms with E-state index in [1.165, 1.54) is 24.3 Å². The Labute approximate surface area is 126 Å². The molecule has 0 bridgehead atoms. The van der Waals surface area contributed by atoms with Gasteiger partial charge in [-0.05, 0) is 25.1 Å². The second-order valence-electron chi connectivity index (χ2n) is 4.07. The van der Waals surface area contributed by atoms with Crippen molar-refractivity contribution in [2.24, 2.45) is 5.73 Å². The van der Waals surface area contributed by atoms with Gasteiger partial charge in [0.2, 0.25) is 0 Å². The summed E-state index contributed by atoms with van der Waals surface area (Å²) < 4.78 is 32.2. The average molecular weight is 335 g/mol. The summed E-state index contributed by atoms with van der Waals surface area (Å²) in [6.45, 7) is 1.69. The van der Waals surface area contributed by atoms with Crippen LogP contribution in [0.3, 0.4) is 0 Å². The van der Waals surface area contributed by atoms with Crippen molar-refractivity contribution in [3.8, 4) is 0 Å². The maximum Gasteiger partial charge on any atom is 0.265 e. The predicted molar refractivity (Wildman–Crippen MR) is 78.6 cm³/mol. The molecule has 2 aromatic rings. The van der Waals surface area contributed by atoms with Gasteiger partial charge in [-0.25, -0.2) is 8.42 Å². The third-order valence-electron chi connectivity index (χ3n) is 2.59. The molecule has 0 unspecified atom stereocenters. The van der Waals surface area contributed by atoms with Crippen LogP contribution in [0.15, 0.2) is 33.6 Å². The molecular weight excluding hydrogens is 323 g/mol. The summed E-state index contributed by atoms with van der Waals surface area (Å²) in [5, 5.41) is 0.609. The van der Waals surface area contributed by atoms with E-state index in [0.29, 0.717) is 16.5 Å². The molecule has 8 heteroatoms. The van der Waals surface area contributed by atoms with Crippen molar-refractivity contribution < 1.29 is 12.8 Å². The molecule has 5 nitrogen and oxygen atoms in total. The number of nitrogens with one attached hydrogen (secondary N) is 1. The van der Waals surface area contributed by atoms with E-state index in [0.717, 1.165) is 0 Å². The van der Waals surface area contributed by atoms with Gasteiger partial charge in [-0.3, -0.25) is 4.72 Å². The number of aryl methyl sites for hydroxylation is 1. The van der Waals surface area contributed by atoms with Gasteiger partial charge in [0, 0.05) is 6.07 Å². The quantitative estimate of drug-likeness (QED) is 0.899. The van der Waals surface area contributed by atoms with E-state index in [4.69, 9.17) is 33.4 Å². The van der Waals surface area contributed by atoms with Crippen LogP contribution in [0.2, 0.25) is 10.0 Å². The molecule has 0 saturated carbocycles. The van der Waals surface area contributed by atoms with Crippen LogP contribution in [0.1, 0.15) is 11.5 Å². The van der Waals surface area contributed by atoms with Crippen LogP contribution in [-0.4, -0.2) is 8.42 Å². The van der Waals surface area contributed by atoms with Crippen molar-refractivity contribution in [2.75, 3.05) is 4.72 Å². The fourth-order valence-electron chi connectivity index (χ4n) is 1.66. The van der Waals surface area contributed by atoms with E-state index in [1.807, 2.05) is 0 Å². The number of sulfonamides is 1. The Morgan fingerprint density at radius 3 is 2.50 bits per heavy atom. The second-order valence-corrected chi connectivity index (χ2v) is 6.54. The number of furan rings is 1. The summed E-state index contributed by atoms with van der Waals surface area (Å²) in [5.74, 6) is 0.676. The maximum atomic E-state index is 12.3. The van der Waals surface area contributed by atoms with Gasteiger partial charge >= 0.3 is 0 Å². The molecule has 0 aliphatic heterocycles. The highest BCUT2D eigenvalue weighted by Crippen LogP contribution is 2.27. The number of anilines is 1. The Morgan fingerprint density at radius 2 is 1.95 bits per heavy atom. The summed E-state index contributed by atoms with van der Waals surface area (Å²) in [4.78, 5) is 0.0454. The van der Waals surface area contributed by atoms with Gasteiger partial charge < -0.3 is 10.2 Å². The lowest BCUT2D eigenvalue weighted by Gasteiger charge is -2.07. The third-order valence-corrected chi connectivity index (χ3v) is 4.81. The van der Waals surface area contributed by atoms with Gasteiger partial charge in [-0.2, -0.15) is 0 Å². The normalized spacial score (nSPS) is 11.6. The van der Waals surface area contributed by atoms with Gasteiger partial charge in [-0.15, -0.1) is 0 Å². The lowest BCUT2D eigenvalue weighted by Crippen LogP contribution is -2.13. The highest BCUT2D eigenvalue weighted by Gasteiger charge is 2.21. The molecule has 0 spiro atoms. The maximum absolute atomic E-state index is 12.3. The van der Waals surface area contributed by atoms with Gasteiger partial charge in [0.05, 0.1) is 22.3 Å². The summed E-state index contributed by atoms with van der Waals surface area (Å²) in [5.41, 5.74) is 5.74. The van der Waals surface area contributed by atoms with E-state index in [2.05, 4.69) is 4.72 Å². The predicted octanol–water partition coefficient (Wildman–Crippen LogP) is 3.15. The van der Waals surface area contributed by atoms with Crippen molar-refractivity contribution in [1.82, 2.24) is 0 Å². The Bertz CT molecular complexity index is 741. The first-order chi connectivity index (χ1) is 9.33. The van der Waals surface area contributed by atoms with Crippen LogP contribution in [0.5, 0.6) is 0 Å². The number of rotatable bonds is 4. The number of benzene rings is 1. The number of halogens is 2. The fourth-order valence-corrected chi connectivity index (χ4v) is 3.21. The molecule has 0 radical (unpaired) electrons. The van der Waals surface area contributed by atoms with Crippen LogP contribution < -0.4 is 10.5 Å². The molecule has 0 atom stereocenters. The number of hydrogen-bond donors (Lipinski definition) is 2. The molecular formula is C12H12Cl2N2O3S. The molecule has 2 rings (SSSR count). The fraction of sp³-hybridized carbons (Fsp3) is 0.167. The highest BCUT2D eigenvalue weighted by atomic mass is 35.5. The molecule has 0 aliphatic rings. The van der Waals surface area contributed by atoms with E-state index in [-0.39, 0.29) is 22.2 Å². The lowest BCUT2D eigenvalue weighted by atomic mass is 10.3. The molecule has 0 aliphatic carbocycles. The van der Waals surface area contributed by atoms with Crippen LogP contribution >= 0.6 is 23.2 Å². The van der Waals surface area contributed by atoms with Gasteiger partial charge in [0.1, 0.15) is 16.4 Å². The molecule has 20 heavy (non-hydrogen) atoms. The summed E-state index contributed by atoms with van der Waals surface area (Å²) in [7, 11) is -3.76. The van der Waals surface area contributed by atoms with E-state index >= 15 is 0 Å². The summed E-state index contributed by atoms with van der Waals surface area (Å²) in [6.07, 6.45) is 0. The molecule has 108 valence electrons. The van der Waals surface area contributed by atoms with E-state index < -0.39 is 10.0 Å². The van der Waals surface area contributed by atoms with Crippen LogP contribution in [0.25, 0.3) is 0 Å². The minimum atomic E-state index is -3.76. The second kappa shape index (κ2) is 5.65. The van der Waals surface area contributed by atoms with Gasteiger partial charge in [0.25, 0.3) is 10.0 Å². The zero-order chi connectivity index (χ0) is 14.9. The molecule has 3 N–H and O–H groups in total. The Balaban J connectivity index is 2.35. The van der Waals surface area contributed by atoms with Crippen LogP contribution in [0.4, 0.5) is 5.69 Å². The minimum absolute atomic E-state index is 0.0454. The van der Waals surface area contributed by atoms with Crippen molar-refractivity contribution >= 4 is 38.9 Å². The third kappa shape index (κ3) is 3.09. The molecule has 1 aromatic carbocycles. The van der Waals surface area contributed by atoms with Crippen molar-refractivity contribution in [3.05, 3.63) is 45.8 Å². The van der Waals surface area contributed by atoms with Gasteiger partial charge in [0.15, 0.2) is 0 Å². The highest BCUT2D eigenvalue weighted by molar-refractivity contribution is 7.92. The molecule has 1 heterocycles. The van der Waals surface area contributed by atoms with Crippen LogP contribution in [-0.2, 0) is 16.6 Å². The monoisotopic (exact) mass is 334 g/mol. The minimum Gasteiger partial charge on any atom is -0.464 e. The molecule has 0 amide bonds. The summed E-state index contributed by atoms with van der Waals surface area (Å²) >= 11 is 11.6. The van der Waals surface area contributed by atoms with Gasteiger partial charge in [-0.1, -0.05) is 23.2 Å². The SMILES string of the molecule is Cc1oc(CN)cc1S(=O)(=O)Nc1ccc(Cl)c(Cl)c1. The van der Waals surface area contributed by atoms with Crippen LogP contribution in [0, 0.1) is 6.92 Å². The van der Waals surface area contributed by atoms with Crippen molar-refractivity contribution in [3.63, 3.8) is 0 Å². The molecule has 1 aromatic heterocycles. The topological polar surface area (TPSA) is 85.3 Å². The molecule has 0 fully saturated rings. The smallest absolute Gasteiger partial charge is 0.265 e.